The van der Waals surface area contributed by atoms with E-state index in [-0.39, 0.29) is 18.1 Å². The van der Waals surface area contributed by atoms with Crippen molar-refractivity contribution in [3.8, 4) is 17.4 Å². The summed E-state index contributed by atoms with van der Waals surface area (Å²) in [7, 11) is 0. The fourth-order valence-corrected chi connectivity index (χ4v) is 9.03. The smallest absolute Gasteiger partial charge is 0.416 e. The molecule has 0 amide bonds. The molecule has 0 atom stereocenters. The molecule has 0 saturated carbocycles. The first-order valence-corrected chi connectivity index (χ1v) is 23.3. The number of alkyl halides is 24. The summed E-state index contributed by atoms with van der Waals surface area (Å²) in [4.78, 5) is 12.7. The number of aromatic nitrogens is 1. The number of hydrogen-bond donors (Lipinski definition) is 1. The lowest BCUT2D eigenvalue weighted by Crippen LogP contribution is -2.75. The Balaban J connectivity index is 0.000000309. The number of fused-ring (bicyclic) bond motifs is 1. The number of aromatic hydroxyl groups is 1. The van der Waals surface area contributed by atoms with Gasteiger partial charge in [0.25, 0.3) is 0 Å². The Morgan fingerprint density at radius 2 is 0.679 bits per heavy atom. The zero-order valence-electron chi connectivity index (χ0n) is 41.2. The van der Waals surface area contributed by atoms with Crippen LogP contribution < -0.4 is 31.2 Å². The molecule has 0 radical (unpaired) electrons. The highest BCUT2D eigenvalue weighted by molar-refractivity contribution is 7.20. The third kappa shape index (κ3) is 14.1. The van der Waals surface area contributed by atoms with Crippen LogP contribution in [0, 0.1) is 0 Å². The maximum absolute atomic E-state index is 14.2. The molecule has 0 saturated heterocycles. The summed E-state index contributed by atoms with van der Waals surface area (Å²) in [5.74, 6) is 1.35. The number of phenols is 1. The highest BCUT2D eigenvalue weighted by Crippen LogP contribution is 2.42. The molecule has 84 heavy (non-hydrogen) atoms. The van der Waals surface area contributed by atoms with Gasteiger partial charge in [0.05, 0.1) is 49.9 Å². The van der Waals surface area contributed by atoms with E-state index in [1.54, 1.807) is 24.3 Å². The van der Waals surface area contributed by atoms with Crippen LogP contribution in [0.1, 0.15) is 54.9 Å². The number of halogens is 24. The van der Waals surface area contributed by atoms with Gasteiger partial charge in [-0.05, 0) is 60.0 Å². The second-order valence-corrected chi connectivity index (χ2v) is 18.4. The van der Waals surface area contributed by atoms with E-state index in [1.807, 2.05) is 71.4 Å². The number of carbonyl (C=O) groups is 1. The first-order chi connectivity index (χ1) is 38.5. The van der Waals surface area contributed by atoms with Crippen LogP contribution in [-0.4, -0.2) is 17.0 Å². The number of benzene rings is 7. The lowest BCUT2D eigenvalue weighted by Gasteiger charge is -2.46. The van der Waals surface area contributed by atoms with Gasteiger partial charge in [-0.15, -0.1) is 0 Å². The van der Waals surface area contributed by atoms with E-state index in [4.69, 9.17) is 4.74 Å². The lowest BCUT2D eigenvalue weighted by molar-refractivity contribution is -0.685. The molecule has 0 fully saturated rings. The summed E-state index contributed by atoms with van der Waals surface area (Å²) < 4.78 is 349. The molecule has 4 nitrogen and oxygen atoms in total. The van der Waals surface area contributed by atoms with Gasteiger partial charge in [-0.1, -0.05) is 97.1 Å². The molecule has 8 rings (SSSR count). The Bertz CT molecular complexity index is 3270. The molecule has 444 valence electrons. The number of hydrogen-bond acceptors (Lipinski definition) is 3. The SMILES string of the molecule is FC(F)(F)c1cc([B-](c2cc(C(F)(F)F)cc(C(F)(F)F)c2)(c2cc(C(F)(F)F)cc(C(F)(F)F)c2)c2cc(C(F)(F)F)cc(C(F)(F)F)c2)cc(C(F)(F)F)c1.O=C(C[n+]1ccc2ccccc2c1Oc1ccc(O)cc1)c1ccccc1. The third-order valence-corrected chi connectivity index (χ3v) is 12.8. The van der Waals surface area contributed by atoms with Crippen molar-refractivity contribution in [1.29, 1.82) is 0 Å². The standard InChI is InChI=1S/C32H12BF24.C23H17NO3/c34-25(35,36)13-1-14(26(37,38)39)6-21(5-13)33(22-7-15(27(40,41)42)2-16(8-22)28(43,44)45,23-9-17(29(46,47)48)3-18(10-23)30(49,50)51)24-11-19(31(52,53)54)4-20(12-24)32(55,56)57;25-19-10-12-20(13-11-19)27-23-21-9-5-4-6-17(21)14-15-24(23)16-22(26)18-7-2-1-3-8-18/h1-12H;1-15H,16H2/q-1;/p+1. The van der Waals surface area contributed by atoms with Crippen molar-refractivity contribution in [3.63, 3.8) is 0 Å². The van der Waals surface area contributed by atoms with Gasteiger partial charge >= 0.3 is 55.3 Å². The summed E-state index contributed by atoms with van der Waals surface area (Å²) >= 11 is 0. The highest BCUT2D eigenvalue weighted by Gasteiger charge is 2.47. The molecule has 7 aromatic carbocycles. The van der Waals surface area contributed by atoms with Gasteiger partial charge in [0.1, 0.15) is 17.6 Å². The van der Waals surface area contributed by atoms with Crippen molar-refractivity contribution in [3.05, 3.63) is 214 Å². The largest absolute Gasteiger partial charge is 0.508 e. The van der Waals surface area contributed by atoms with E-state index < -0.39 is 195 Å². The van der Waals surface area contributed by atoms with E-state index >= 15 is 0 Å². The second kappa shape index (κ2) is 22.3. The quantitative estimate of drug-likeness (QED) is 0.0678. The maximum Gasteiger partial charge on any atom is 0.416 e. The van der Waals surface area contributed by atoms with Crippen molar-refractivity contribution in [2.75, 3.05) is 0 Å². The van der Waals surface area contributed by atoms with Gasteiger partial charge in [0.2, 0.25) is 12.3 Å². The molecule has 0 aliphatic heterocycles. The van der Waals surface area contributed by atoms with Crippen molar-refractivity contribution in [2.45, 2.75) is 56.0 Å². The molecule has 1 N–H and O–H groups in total. The van der Waals surface area contributed by atoms with Crippen LogP contribution in [0.25, 0.3) is 10.8 Å². The molecule has 0 aliphatic rings. The normalized spacial score (nSPS) is 13.1. The Labute approximate surface area is 455 Å². The van der Waals surface area contributed by atoms with Crippen LogP contribution >= 0.6 is 0 Å². The fourth-order valence-electron chi connectivity index (χ4n) is 9.03. The lowest BCUT2D eigenvalue weighted by atomic mass is 9.12. The van der Waals surface area contributed by atoms with Crippen LogP contribution in [-0.2, 0) is 56.0 Å². The molecule has 0 unspecified atom stereocenters. The Kier molecular flexibility index (Phi) is 16.8. The fraction of sp³-hybridized carbons (Fsp3) is 0.164. The van der Waals surface area contributed by atoms with E-state index in [0.717, 1.165) is 10.8 Å². The molecule has 29 heteroatoms. The summed E-state index contributed by atoms with van der Waals surface area (Å²) in [6, 6.07) is 16.8. The average molecular weight is 1220 g/mol. The van der Waals surface area contributed by atoms with E-state index in [9.17, 15) is 115 Å². The van der Waals surface area contributed by atoms with Gasteiger partial charge in [-0.3, -0.25) is 4.79 Å². The van der Waals surface area contributed by atoms with Crippen LogP contribution in [0.4, 0.5) is 105 Å². The van der Waals surface area contributed by atoms with Crippen molar-refractivity contribution < 1.29 is 125 Å². The van der Waals surface area contributed by atoms with E-state index in [1.165, 1.54) is 0 Å². The highest BCUT2D eigenvalue weighted by atomic mass is 19.4. The zero-order valence-corrected chi connectivity index (χ0v) is 41.2. The van der Waals surface area contributed by atoms with Crippen LogP contribution in [0.2, 0.25) is 0 Å². The summed E-state index contributed by atoms with van der Waals surface area (Å²) in [5, 5.41) is 11.4. The van der Waals surface area contributed by atoms with Gasteiger partial charge < -0.3 is 9.84 Å². The monoisotopic (exact) mass is 1220 g/mol. The minimum atomic E-state index is -6.13. The number of nitrogens with zero attached hydrogens (tertiary/aromatic N) is 1. The zero-order chi connectivity index (χ0) is 62.6. The van der Waals surface area contributed by atoms with Crippen molar-refractivity contribution >= 4 is 44.6 Å². The molecule has 0 aliphatic carbocycles. The van der Waals surface area contributed by atoms with Gasteiger partial charge in [0.15, 0.2) is 6.20 Å². The molecule has 0 spiro atoms. The number of pyridine rings is 1. The average Bonchev–Trinajstić information content (AvgIpc) is 1.49. The molecule has 1 aromatic heterocycles. The predicted molar refractivity (Wildman–Crippen MR) is 253 cm³/mol. The molecule has 8 aromatic rings. The number of ether oxygens (including phenoxy) is 1. The Morgan fingerprint density at radius 1 is 0.381 bits per heavy atom. The third-order valence-electron chi connectivity index (χ3n) is 12.8. The Hall–Kier alpha value is -8.40. The van der Waals surface area contributed by atoms with Gasteiger partial charge in [-0.2, -0.15) is 132 Å². The number of phenolic OH excluding ortho intramolecular Hbond substituents is 1. The van der Waals surface area contributed by atoms with Crippen LogP contribution in [0.15, 0.2) is 164 Å². The minimum absolute atomic E-state index is 0.00596. The number of ketones is 1. The van der Waals surface area contributed by atoms with Crippen LogP contribution in [0.5, 0.6) is 17.4 Å². The van der Waals surface area contributed by atoms with Gasteiger partial charge in [-0.25, -0.2) is 0 Å². The number of rotatable bonds is 9. The minimum Gasteiger partial charge on any atom is -0.508 e. The topological polar surface area (TPSA) is 50.4 Å². The van der Waals surface area contributed by atoms with E-state index in [2.05, 4.69) is 0 Å². The first-order valence-electron chi connectivity index (χ1n) is 23.3. The maximum atomic E-state index is 14.2. The van der Waals surface area contributed by atoms with Gasteiger partial charge in [0, 0.05) is 11.6 Å². The Morgan fingerprint density at radius 3 is 0.988 bits per heavy atom. The molecular formula is C55H30BF24NO3. The van der Waals surface area contributed by atoms with Crippen molar-refractivity contribution in [1.82, 2.24) is 0 Å². The van der Waals surface area contributed by atoms with E-state index in [0.29, 0.717) is 17.2 Å². The van der Waals surface area contributed by atoms with Crippen molar-refractivity contribution in [2.24, 2.45) is 0 Å². The summed E-state index contributed by atoms with van der Waals surface area (Å²) in [6.45, 7) is 0.169. The predicted octanol–water partition coefficient (Wildman–Crippen LogP) is 15.7. The molecule has 1 heterocycles. The molecule has 0 bridgehead atoms. The first kappa shape index (κ1) is 63.2. The number of Topliss-reactive ketones (excluding diaryl/α,β-unsaturated/α-hetero) is 1. The second-order valence-electron chi connectivity index (χ2n) is 18.4. The van der Waals surface area contributed by atoms with Crippen LogP contribution in [0.3, 0.4) is 0 Å². The summed E-state index contributed by atoms with van der Waals surface area (Å²) in [6.07, 6.45) is -52.9. The summed E-state index contributed by atoms with van der Waals surface area (Å²) in [5.41, 5.74) is -29.5. The molecular weight excluding hydrogens is 1190 g/mol. The number of carbonyl (C=O) groups excluding carboxylic acids is 1.